The predicted octanol–water partition coefficient (Wildman–Crippen LogP) is 2.07. The van der Waals surface area contributed by atoms with E-state index < -0.39 is 0 Å². The maximum absolute atomic E-state index is 12.1. The van der Waals surface area contributed by atoms with Crippen molar-refractivity contribution in [3.8, 4) is 0 Å². The summed E-state index contributed by atoms with van der Waals surface area (Å²) in [6.07, 6.45) is 4.63. The van der Waals surface area contributed by atoms with Crippen molar-refractivity contribution in [2.45, 2.75) is 45.6 Å². The first-order valence-electron chi connectivity index (χ1n) is 7.78. The lowest BCUT2D eigenvalue weighted by molar-refractivity contribution is -0.123. The van der Waals surface area contributed by atoms with Crippen LogP contribution in [0.15, 0.2) is 0 Å². The summed E-state index contributed by atoms with van der Waals surface area (Å²) in [6.45, 7) is 8.32. The standard InChI is InChI=1S/C15H29N3O.2ClH/c1-4-12(2)18(3)10-9-17-14(19)13-11-15(13)5-7-16-8-6-15;;/h12-13,16H,4-11H2,1-3H3,(H,17,19);2*1H. The van der Waals surface area contributed by atoms with Gasteiger partial charge in [-0.05, 0) is 58.2 Å². The summed E-state index contributed by atoms with van der Waals surface area (Å²) >= 11 is 0. The van der Waals surface area contributed by atoms with E-state index >= 15 is 0 Å². The molecule has 21 heavy (non-hydrogen) atoms. The van der Waals surface area contributed by atoms with E-state index in [9.17, 15) is 4.79 Å². The summed E-state index contributed by atoms with van der Waals surface area (Å²) in [6, 6.07) is 0.591. The third-order valence-corrected chi connectivity index (χ3v) is 5.21. The maximum atomic E-state index is 12.1. The molecule has 1 aliphatic heterocycles. The topological polar surface area (TPSA) is 44.4 Å². The van der Waals surface area contributed by atoms with E-state index in [4.69, 9.17) is 0 Å². The van der Waals surface area contributed by atoms with Gasteiger partial charge in [-0.1, -0.05) is 6.92 Å². The molecular formula is C15H31Cl2N3O. The fourth-order valence-corrected chi connectivity index (χ4v) is 3.21. The number of halogens is 2. The van der Waals surface area contributed by atoms with E-state index in [2.05, 4.69) is 36.4 Å². The first-order chi connectivity index (χ1) is 9.09. The van der Waals surface area contributed by atoms with E-state index in [0.717, 1.165) is 39.0 Å². The summed E-state index contributed by atoms with van der Waals surface area (Å²) in [4.78, 5) is 14.5. The number of likely N-dealkylation sites (N-methyl/N-ethyl adjacent to an activating group) is 1. The zero-order chi connectivity index (χ0) is 13.9. The number of piperidine rings is 1. The number of hydrogen-bond donors (Lipinski definition) is 2. The fraction of sp³-hybridized carbons (Fsp3) is 0.933. The summed E-state index contributed by atoms with van der Waals surface area (Å²) in [5.74, 6) is 0.586. The van der Waals surface area contributed by atoms with Crippen molar-refractivity contribution in [1.82, 2.24) is 15.5 Å². The van der Waals surface area contributed by atoms with Crippen LogP contribution in [0.1, 0.15) is 39.5 Å². The Kier molecular flexibility index (Phi) is 9.17. The number of hydrogen-bond acceptors (Lipinski definition) is 3. The molecule has 2 rings (SSSR count). The smallest absolute Gasteiger partial charge is 0.223 e. The second-order valence-corrected chi connectivity index (χ2v) is 6.40. The Labute approximate surface area is 141 Å². The second-order valence-electron chi connectivity index (χ2n) is 6.40. The number of nitrogens with one attached hydrogen (secondary N) is 2. The SMILES string of the molecule is CCC(C)N(C)CCNC(=O)C1CC12CCNCC2.Cl.Cl. The first-order valence-corrected chi connectivity index (χ1v) is 7.78. The molecule has 0 aromatic carbocycles. The molecule has 2 aliphatic rings. The van der Waals surface area contributed by atoms with Gasteiger partial charge in [0.1, 0.15) is 0 Å². The zero-order valence-corrected chi connectivity index (χ0v) is 15.1. The van der Waals surface area contributed by atoms with Crippen LogP contribution in [-0.4, -0.2) is 50.1 Å². The highest BCUT2D eigenvalue weighted by atomic mass is 35.5. The number of amides is 1. The minimum Gasteiger partial charge on any atom is -0.355 e. The van der Waals surface area contributed by atoms with Gasteiger partial charge in [-0.3, -0.25) is 4.79 Å². The predicted molar refractivity (Wildman–Crippen MR) is 92.5 cm³/mol. The number of carbonyl (C=O) groups excluding carboxylic acids is 1. The molecule has 0 radical (unpaired) electrons. The zero-order valence-electron chi connectivity index (χ0n) is 13.5. The molecule has 1 heterocycles. The Morgan fingerprint density at radius 3 is 2.57 bits per heavy atom. The van der Waals surface area contributed by atoms with Gasteiger partial charge in [0.05, 0.1) is 0 Å². The highest BCUT2D eigenvalue weighted by Gasteiger charge is 2.57. The molecule has 1 aliphatic carbocycles. The Bertz CT molecular complexity index is 322. The Morgan fingerprint density at radius 1 is 1.38 bits per heavy atom. The van der Waals surface area contributed by atoms with Crippen molar-refractivity contribution < 1.29 is 4.79 Å². The Balaban J connectivity index is 0.00000200. The molecule has 126 valence electrons. The largest absolute Gasteiger partial charge is 0.355 e. The fourth-order valence-electron chi connectivity index (χ4n) is 3.21. The van der Waals surface area contributed by atoms with Gasteiger partial charge < -0.3 is 15.5 Å². The molecular weight excluding hydrogens is 309 g/mol. The molecule has 0 aromatic heterocycles. The lowest BCUT2D eigenvalue weighted by Gasteiger charge is -2.24. The minimum absolute atomic E-state index is 0. The van der Waals surface area contributed by atoms with Gasteiger partial charge in [-0.25, -0.2) is 0 Å². The molecule has 0 bridgehead atoms. The van der Waals surface area contributed by atoms with Crippen LogP contribution in [0, 0.1) is 11.3 Å². The molecule has 1 saturated heterocycles. The van der Waals surface area contributed by atoms with Crippen LogP contribution < -0.4 is 10.6 Å². The molecule has 1 saturated carbocycles. The van der Waals surface area contributed by atoms with Crippen molar-refractivity contribution in [2.75, 3.05) is 33.2 Å². The molecule has 2 fully saturated rings. The van der Waals surface area contributed by atoms with Crippen LogP contribution in [0.3, 0.4) is 0 Å². The van der Waals surface area contributed by atoms with Gasteiger partial charge in [0.25, 0.3) is 0 Å². The lowest BCUT2D eigenvalue weighted by atomic mass is 9.92. The molecule has 0 aromatic rings. The van der Waals surface area contributed by atoms with Crippen molar-refractivity contribution in [2.24, 2.45) is 11.3 Å². The molecule has 2 unspecified atom stereocenters. The highest BCUT2D eigenvalue weighted by Crippen LogP contribution is 2.58. The summed E-state index contributed by atoms with van der Waals surface area (Å²) < 4.78 is 0. The van der Waals surface area contributed by atoms with Crippen LogP contribution in [0.2, 0.25) is 0 Å². The van der Waals surface area contributed by atoms with Crippen LogP contribution in [0.4, 0.5) is 0 Å². The average Bonchev–Trinajstić information content (AvgIpc) is 3.11. The van der Waals surface area contributed by atoms with Gasteiger partial charge in [0.2, 0.25) is 5.91 Å². The van der Waals surface area contributed by atoms with E-state index in [-0.39, 0.29) is 24.8 Å². The third kappa shape index (κ3) is 5.27. The minimum atomic E-state index is 0. The highest BCUT2D eigenvalue weighted by molar-refractivity contribution is 5.85. The van der Waals surface area contributed by atoms with Gasteiger partial charge in [0, 0.05) is 25.0 Å². The number of nitrogens with zero attached hydrogens (tertiary/aromatic N) is 1. The Hall–Kier alpha value is -0.0300. The molecule has 2 N–H and O–H groups in total. The summed E-state index contributed by atoms with van der Waals surface area (Å²) in [5, 5.41) is 6.50. The van der Waals surface area contributed by atoms with Crippen LogP contribution in [0.5, 0.6) is 0 Å². The first kappa shape index (κ1) is 21.0. The van der Waals surface area contributed by atoms with Crippen molar-refractivity contribution in [3.63, 3.8) is 0 Å². The van der Waals surface area contributed by atoms with E-state index in [1.807, 2.05) is 0 Å². The molecule has 4 nitrogen and oxygen atoms in total. The number of rotatable bonds is 6. The van der Waals surface area contributed by atoms with E-state index in [1.165, 1.54) is 12.8 Å². The van der Waals surface area contributed by atoms with Crippen molar-refractivity contribution >= 4 is 30.7 Å². The monoisotopic (exact) mass is 339 g/mol. The van der Waals surface area contributed by atoms with Crippen molar-refractivity contribution in [3.05, 3.63) is 0 Å². The Morgan fingerprint density at radius 2 is 2.00 bits per heavy atom. The van der Waals surface area contributed by atoms with Crippen molar-refractivity contribution in [1.29, 1.82) is 0 Å². The second kappa shape index (κ2) is 9.19. The quantitative estimate of drug-likeness (QED) is 0.778. The molecule has 2 atom stereocenters. The molecule has 1 spiro atoms. The molecule has 6 heteroatoms. The van der Waals surface area contributed by atoms with E-state index in [0.29, 0.717) is 23.3 Å². The summed E-state index contributed by atoms with van der Waals surface area (Å²) in [5.41, 5.74) is 0.359. The lowest BCUT2D eigenvalue weighted by Crippen LogP contribution is -2.39. The summed E-state index contributed by atoms with van der Waals surface area (Å²) in [7, 11) is 2.13. The third-order valence-electron chi connectivity index (χ3n) is 5.21. The average molecular weight is 340 g/mol. The van der Waals surface area contributed by atoms with Crippen LogP contribution >= 0.6 is 24.8 Å². The van der Waals surface area contributed by atoms with Gasteiger partial charge in [-0.15, -0.1) is 24.8 Å². The normalized spacial score (nSPS) is 23.9. The molecule has 1 amide bonds. The maximum Gasteiger partial charge on any atom is 0.223 e. The van der Waals surface area contributed by atoms with Gasteiger partial charge >= 0.3 is 0 Å². The van der Waals surface area contributed by atoms with Crippen LogP contribution in [-0.2, 0) is 4.79 Å². The van der Waals surface area contributed by atoms with Gasteiger partial charge in [-0.2, -0.15) is 0 Å². The van der Waals surface area contributed by atoms with Crippen LogP contribution in [0.25, 0.3) is 0 Å². The van der Waals surface area contributed by atoms with E-state index in [1.54, 1.807) is 0 Å². The number of carbonyl (C=O) groups is 1. The van der Waals surface area contributed by atoms with Gasteiger partial charge in [0.15, 0.2) is 0 Å².